The fraction of sp³-hybridized carbons (Fsp3) is 0.722. The van der Waals surface area contributed by atoms with E-state index >= 15 is 0 Å². The lowest BCUT2D eigenvalue weighted by Crippen LogP contribution is -2.46. The summed E-state index contributed by atoms with van der Waals surface area (Å²) in [6.07, 6.45) is 4.79. The quantitative estimate of drug-likeness (QED) is 0.923. The van der Waals surface area contributed by atoms with E-state index in [2.05, 4.69) is 21.3 Å². The molecule has 1 saturated heterocycles. The van der Waals surface area contributed by atoms with Gasteiger partial charge >= 0.3 is 0 Å². The minimum absolute atomic E-state index is 0.0413. The summed E-state index contributed by atoms with van der Waals surface area (Å²) in [5.74, 6) is -0.0413. The van der Waals surface area contributed by atoms with Crippen LogP contribution in [0.5, 0.6) is 5.75 Å². The molecule has 0 amide bonds. The van der Waals surface area contributed by atoms with E-state index in [-0.39, 0.29) is 11.2 Å². The van der Waals surface area contributed by atoms with Crippen LogP contribution in [0.3, 0.4) is 0 Å². The molecule has 2 aliphatic rings. The van der Waals surface area contributed by atoms with E-state index in [1.165, 1.54) is 12.8 Å². The highest BCUT2D eigenvalue weighted by Gasteiger charge is 2.25. The monoisotopic (exact) mass is 319 g/mol. The SMILES string of the molecule is CCN1CCN(Cc2c(O)c(=O)cc(C)n2C2CCCC2)CC1. The molecule has 1 aromatic rings. The number of pyridine rings is 1. The topological polar surface area (TPSA) is 48.7 Å². The van der Waals surface area contributed by atoms with Crippen molar-refractivity contribution in [3.8, 4) is 5.75 Å². The summed E-state index contributed by atoms with van der Waals surface area (Å²) in [5, 5.41) is 10.4. The lowest BCUT2D eigenvalue weighted by Gasteiger charge is -2.35. The Balaban J connectivity index is 1.86. The third-order valence-electron chi connectivity index (χ3n) is 5.49. The van der Waals surface area contributed by atoms with Crippen LogP contribution < -0.4 is 5.43 Å². The van der Waals surface area contributed by atoms with Gasteiger partial charge in [0.2, 0.25) is 5.43 Å². The van der Waals surface area contributed by atoms with E-state index < -0.39 is 0 Å². The molecule has 1 aliphatic carbocycles. The summed E-state index contributed by atoms with van der Waals surface area (Å²) in [4.78, 5) is 16.9. The second-order valence-corrected chi connectivity index (χ2v) is 6.96. The van der Waals surface area contributed by atoms with Gasteiger partial charge in [0.05, 0.1) is 5.69 Å². The van der Waals surface area contributed by atoms with Crippen molar-refractivity contribution in [2.75, 3.05) is 32.7 Å². The van der Waals surface area contributed by atoms with Crippen LogP contribution in [0, 0.1) is 6.92 Å². The average Bonchev–Trinajstić information content (AvgIpc) is 3.07. The molecular formula is C18H29N3O2. The molecule has 2 fully saturated rings. The molecule has 0 spiro atoms. The summed E-state index contributed by atoms with van der Waals surface area (Å²) in [6.45, 7) is 10.1. The van der Waals surface area contributed by atoms with Crippen molar-refractivity contribution in [2.45, 2.75) is 52.1 Å². The number of aryl methyl sites for hydroxylation is 1. The van der Waals surface area contributed by atoms with Crippen LogP contribution >= 0.6 is 0 Å². The van der Waals surface area contributed by atoms with Gasteiger partial charge in [0.1, 0.15) is 0 Å². The van der Waals surface area contributed by atoms with Crippen LogP contribution in [-0.2, 0) is 6.54 Å². The Morgan fingerprint density at radius 2 is 1.74 bits per heavy atom. The van der Waals surface area contributed by atoms with Crippen LogP contribution in [-0.4, -0.2) is 52.2 Å². The first kappa shape index (κ1) is 16.5. The van der Waals surface area contributed by atoms with Crippen molar-refractivity contribution >= 4 is 0 Å². The molecule has 128 valence electrons. The highest BCUT2D eigenvalue weighted by molar-refractivity contribution is 5.30. The molecule has 0 aromatic carbocycles. The number of rotatable bonds is 4. The molecule has 1 N–H and O–H groups in total. The van der Waals surface area contributed by atoms with Crippen molar-refractivity contribution in [2.24, 2.45) is 0 Å². The van der Waals surface area contributed by atoms with Crippen molar-refractivity contribution in [3.05, 3.63) is 27.7 Å². The zero-order valence-electron chi connectivity index (χ0n) is 14.4. The molecule has 1 saturated carbocycles. The first-order valence-corrected chi connectivity index (χ1v) is 8.99. The maximum absolute atomic E-state index is 12.1. The summed E-state index contributed by atoms with van der Waals surface area (Å²) < 4.78 is 2.25. The molecule has 5 nitrogen and oxygen atoms in total. The van der Waals surface area contributed by atoms with Gasteiger partial charge in [-0.15, -0.1) is 0 Å². The maximum Gasteiger partial charge on any atom is 0.223 e. The van der Waals surface area contributed by atoms with Gasteiger partial charge < -0.3 is 14.6 Å². The lowest BCUT2D eigenvalue weighted by atomic mass is 10.1. The smallest absolute Gasteiger partial charge is 0.223 e. The standard InChI is InChI=1S/C18H29N3O2/c1-3-19-8-10-20(11-9-19)13-16-18(23)17(22)12-14(2)21(16)15-6-4-5-7-15/h12,15,23H,3-11,13H2,1-2H3. The third-order valence-corrected chi connectivity index (χ3v) is 5.49. The summed E-state index contributed by atoms with van der Waals surface area (Å²) in [5.41, 5.74) is 1.58. The normalized spacial score (nSPS) is 21.1. The van der Waals surface area contributed by atoms with Crippen LogP contribution in [0.25, 0.3) is 0 Å². The van der Waals surface area contributed by atoms with Crippen molar-refractivity contribution < 1.29 is 5.11 Å². The van der Waals surface area contributed by atoms with Crippen LogP contribution in [0.2, 0.25) is 0 Å². The van der Waals surface area contributed by atoms with Crippen molar-refractivity contribution in [1.82, 2.24) is 14.4 Å². The van der Waals surface area contributed by atoms with Gasteiger partial charge in [0.25, 0.3) is 0 Å². The fourth-order valence-corrected chi connectivity index (χ4v) is 4.09. The molecular weight excluding hydrogens is 290 g/mol. The summed E-state index contributed by atoms with van der Waals surface area (Å²) in [6, 6.07) is 2.03. The number of aromatic hydroxyl groups is 1. The fourth-order valence-electron chi connectivity index (χ4n) is 4.09. The van der Waals surface area contributed by atoms with Gasteiger partial charge in [0, 0.05) is 50.5 Å². The second kappa shape index (κ2) is 7.05. The molecule has 2 heterocycles. The van der Waals surface area contributed by atoms with Crippen LogP contribution in [0.1, 0.15) is 50.0 Å². The zero-order chi connectivity index (χ0) is 16.4. The van der Waals surface area contributed by atoms with Gasteiger partial charge in [0.15, 0.2) is 5.75 Å². The van der Waals surface area contributed by atoms with Crippen LogP contribution in [0.4, 0.5) is 0 Å². The number of likely N-dealkylation sites (N-methyl/N-ethyl adjacent to an activating group) is 1. The number of nitrogens with zero attached hydrogens (tertiary/aromatic N) is 3. The Bertz CT molecular complexity index is 597. The van der Waals surface area contributed by atoms with E-state index in [1.807, 2.05) is 6.92 Å². The Morgan fingerprint density at radius 1 is 1.13 bits per heavy atom. The molecule has 5 heteroatoms. The van der Waals surface area contributed by atoms with Gasteiger partial charge in [-0.2, -0.15) is 0 Å². The van der Waals surface area contributed by atoms with Crippen molar-refractivity contribution in [1.29, 1.82) is 0 Å². The maximum atomic E-state index is 12.1. The highest BCUT2D eigenvalue weighted by Crippen LogP contribution is 2.33. The highest BCUT2D eigenvalue weighted by atomic mass is 16.3. The summed E-state index contributed by atoms with van der Waals surface area (Å²) >= 11 is 0. The van der Waals surface area contributed by atoms with Crippen LogP contribution in [0.15, 0.2) is 10.9 Å². The van der Waals surface area contributed by atoms with Gasteiger partial charge in [-0.1, -0.05) is 19.8 Å². The first-order chi connectivity index (χ1) is 11.1. The largest absolute Gasteiger partial charge is 0.503 e. The molecule has 0 unspecified atom stereocenters. The zero-order valence-corrected chi connectivity index (χ0v) is 14.4. The predicted molar refractivity (Wildman–Crippen MR) is 92.0 cm³/mol. The van der Waals surface area contributed by atoms with E-state index in [9.17, 15) is 9.90 Å². The average molecular weight is 319 g/mol. The van der Waals surface area contributed by atoms with Gasteiger partial charge in [-0.05, 0) is 26.3 Å². The number of piperazine rings is 1. The van der Waals surface area contributed by atoms with E-state index in [0.717, 1.165) is 57.0 Å². The third kappa shape index (κ3) is 3.45. The van der Waals surface area contributed by atoms with Gasteiger partial charge in [-0.25, -0.2) is 0 Å². The van der Waals surface area contributed by atoms with Gasteiger partial charge in [-0.3, -0.25) is 9.69 Å². The number of hydrogen-bond acceptors (Lipinski definition) is 4. The first-order valence-electron chi connectivity index (χ1n) is 8.99. The Kier molecular flexibility index (Phi) is 5.07. The minimum atomic E-state index is -0.237. The molecule has 1 aliphatic heterocycles. The molecule has 0 bridgehead atoms. The molecule has 23 heavy (non-hydrogen) atoms. The minimum Gasteiger partial charge on any atom is -0.503 e. The Hall–Kier alpha value is -1.33. The molecule has 0 atom stereocenters. The summed E-state index contributed by atoms with van der Waals surface area (Å²) in [7, 11) is 0. The Morgan fingerprint density at radius 3 is 2.35 bits per heavy atom. The predicted octanol–water partition coefficient (Wildman–Crippen LogP) is 2.11. The van der Waals surface area contributed by atoms with E-state index in [0.29, 0.717) is 12.6 Å². The van der Waals surface area contributed by atoms with E-state index in [4.69, 9.17) is 0 Å². The Labute approximate surface area is 138 Å². The molecule has 0 radical (unpaired) electrons. The number of aromatic nitrogens is 1. The second-order valence-electron chi connectivity index (χ2n) is 6.96. The molecule has 3 rings (SSSR count). The van der Waals surface area contributed by atoms with E-state index in [1.54, 1.807) is 6.07 Å². The molecule has 1 aromatic heterocycles. The van der Waals surface area contributed by atoms with Crippen molar-refractivity contribution in [3.63, 3.8) is 0 Å². The number of hydrogen-bond donors (Lipinski definition) is 1. The lowest BCUT2D eigenvalue weighted by molar-refractivity contribution is 0.127.